The van der Waals surface area contributed by atoms with Crippen LogP contribution in [0.5, 0.6) is 0 Å². The molecule has 1 aromatic heterocycles. The minimum atomic E-state index is -0.719. The number of carbonyl (C=O) groups excluding carboxylic acids is 2. The number of ketones is 1. The van der Waals surface area contributed by atoms with Gasteiger partial charge in [-0.25, -0.2) is 0 Å². The molecule has 1 saturated heterocycles. The fraction of sp³-hybridized carbons (Fsp3) is 0.391. The molecule has 1 amide bonds. The van der Waals surface area contributed by atoms with E-state index in [9.17, 15) is 14.7 Å². The topological polar surface area (TPSA) is 74.0 Å². The molecule has 0 spiro atoms. The quantitative estimate of drug-likeness (QED) is 0.418. The van der Waals surface area contributed by atoms with Crippen LogP contribution in [0.15, 0.2) is 52.7 Å². The van der Waals surface area contributed by atoms with Crippen molar-refractivity contribution >= 4 is 17.4 Å². The third-order valence-corrected chi connectivity index (χ3v) is 5.45. The van der Waals surface area contributed by atoms with Crippen molar-refractivity contribution in [1.82, 2.24) is 9.80 Å². The SMILES string of the molecule is CCN(CC)CCCN1C(=O)C(=O)C(=C(O)c2ccc(C)cc2)[C@@H]1c1ccco1. The average Bonchev–Trinajstić information content (AvgIpc) is 3.33. The maximum absolute atomic E-state index is 12.9. The third kappa shape index (κ3) is 4.27. The number of hydrogen-bond donors (Lipinski definition) is 1. The van der Waals surface area contributed by atoms with Gasteiger partial charge in [-0.15, -0.1) is 0 Å². The van der Waals surface area contributed by atoms with Crippen molar-refractivity contribution < 1.29 is 19.1 Å². The number of furan rings is 1. The van der Waals surface area contributed by atoms with Crippen LogP contribution in [0.3, 0.4) is 0 Å². The third-order valence-electron chi connectivity index (χ3n) is 5.45. The number of carbonyl (C=O) groups is 2. The number of benzene rings is 1. The van der Waals surface area contributed by atoms with Gasteiger partial charge < -0.3 is 19.3 Å². The lowest BCUT2D eigenvalue weighted by atomic mass is 9.99. The lowest BCUT2D eigenvalue weighted by Crippen LogP contribution is -2.33. The second-order valence-electron chi connectivity index (χ2n) is 7.25. The molecule has 1 atom stereocenters. The molecule has 2 aromatic rings. The van der Waals surface area contributed by atoms with Crippen LogP contribution in [0.4, 0.5) is 0 Å². The number of likely N-dealkylation sites (tertiary alicyclic amines) is 1. The lowest BCUT2D eigenvalue weighted by molar-refractivity contribution is -0.140. The molecule has 154 valence electrons. The summed E-state index contributed by atoms with van der Waals surface area (Å²) in [5.74, 6) is -0.969. The molecule has 1 fully saturated rings. The Hall–Kier alpha value is -2.86. The van der Waals surface area contributed by atoms with Crippen LogP contribution in [0, 0.1) is 6.92 Å². The molecule has 6 nitrogen and oxygen atoms in total. The molecule has 1 N–H and O–H groups in total. The number of aryl methyl sites for hydroxylation is 1. The Labute approximate surface area is 171 Å². The van der Waals surface area contributed by atoms with Gasteiger partial charge in [0.1, 0.15) is 17.6 Å². The summed E-state index contributed by atoms with van der Waals surface area (Å²) in [6.07, 6.45) is 2.24. The van der Waals surface area contributed by atoms with Gasteiger partial charge in [-0.3, -0.25) is 9.59 Å². The molecule has 0 unspecified atom stereocenters. The summed E-state index contributed by atoms with van der Waals surface area (Å²) in [5.41, 5.74) is 1.63. The van der Waals surface area contributed by atoms with Crippen LogP contribution in [0.1, 0.15) is 43.2 Å². The second kappa shape index (κ2) is 9.09. The molecule has 0 saturated carbocycles. The summed E-state index contributed by atoms with van der Waals surface area (Å²) in [5, 5.41) is 10.9. The smallest absolute Gasteiger partial charge is 0.295 e. The predicted molar refractivity (Wildman–Crippen MR) is 111 cm³/mol. The van der Waals surface area contributed by atoms with Crippen molar-refractivity contribution in [2.75, 3.05) is 26.2 Å². The summed E-state index contributed by atoms with van der Waals surface area (Å²) in [6.45, 7) is 9.26. The number of amides is 1. The van der Waals surface area contributed by atoms with Crippen LogP contribution in [0.2, 0.25) is 0 Å². The highest BCUT2D eigenvalue weighted by Crippen LogP contribution is 2.39. The van der Waals surface area contributed by atoms with E-state index in [4.69, 9.17) is 4.42 Å². The number of rotatable bonds is 8. The first-order valence-corrected chi connectivity index (χ1v) is 10.1. The Bertz CT molecular complexity index is 880. The summed E-state index contributed by atoms with van der Waals surface area (Å²) >= 11 is 0. The lowest BCUT2D eigenvalue weighted by Gasteiger charge is -2.25. The number of hydrogen-bond acceptors (Lipinski definition) is 5. The molecule has 0 bridgehead atoms. The maximum atomic E-state index is 12.9. The van der Waals surface area contributed by atoms with E-state index in [1.54, 1.807) is 24.3 Å². The number of Topliss-reactive ketones (excluding diaryl/α,β-unsaturated/α-hetero) is 1. The van der Waals surface area contributed by atoms with Gasteiger partial charge in [0.15, 0.2) is 0 Å². The van der Waals surface area contributed by atoms with Crippen molar-refractivity contribution in [3.05, 3.63) is 65.1 Å². The van der Waals surface area contributed by atoms with Gasteiger partial charge in [-0.05, 0) is 45.1 Å². The van der Waals surface area contributed by atoms with Gasteiger partial charge in [0, 0.05) is 12.1 Å². The van der Waals surface area contributed by atoms with E-state index < -0.39 is 17.7 Å². The molecule has 6 heteroatoms. The van der Waals surface area contributed by atoms with Crippen molar-refractivity contribution in [1.29, 1.82) is 0 Å². The summed E-state index contributed by atoms with van der Waals surface area (Å²) in [6, 6.07) is 9.94. The zero-order valence-electron chi connectivity index (χ0n) is 17.2. The molecule has 0 aliphatic carbocycles. The average molecular weight is 396 g/mol. The molecule has 3 rings (SSSR count). The highest BCUT2D eigenvalue weighted by atomic mass is 16.3. The standard InChI is InChI=1S/C23H28N2O4/c1-4-24(5-2)13-7-14-25-20(18-8-6-15-29-18)19(22(27)23(25)28)21(26)17-11-9-16(3)10-12-17/h6,8-12,15,20,26H,4-5,7,13-14H2,1-3H3/t20-/m0/s1. The molecule has 1 aliphatic rings. The van der Waals surface area contributed by atoms with Crippen LogP contribution >= 0.6 is 0 Å². The zero-order valence-corrected chi connectivity index (χ0v) is 17.2. The van der Waals surface area contributed by atoms with E-state index in [2.05, 4.69) is 18.7 Å². The molecule has 1 aromatic carbocycles. The summed E-state index contributed by atoms with van der Waals surface area (Å²) in [4.78, 5) is 29.4. The Morgan fingerprint density at radius 1 is 1.14 bits per heavy atom. The Morgan fingerprint density at radius 3 is 2.41 bits per heavy atom. The minimum absolute atomic E-state index is 0.0802. The number of aliphatic hydroxyl groups excluding tert-OH is 1. The summed E-state index contributed by atoms with van der Waals surface area (Å²) < 4.78 is 5.55. The van der Waals surface area contributed by atoms with Gasteiger partial charge in [-0.2, -0.15) is 0 Å². The summed E-state index contributed by atoms with van der Waals surface area (Å²) in [7, 11) is 0. The van der Waals surface area contributed by atoms with Crippen LogP contribution < -0.4 is 0 Å². The first-order valence-electron chi connectivity index (χ1n) is 10.1. The van der Waals surface area contributed by atoms with Gasteiger partial charge >= 0.3 is 0 Å². The van der Waals surface area contributed by atoms with E-state index in [1.165, 1.54) is 11.2 Å². The Kier molecular flexibility index (Phi) is 6.54. The minimum Gasteiger partial charge on any atom is -0.507 e. The Balaban J connectivity index is 1.95. The molecule has 1 aliphatic heterocycles. The highest BCUT2D eigenvalue weighted by Gasteiger charge is 2.47. The van der Waals surface area contributed by atoms with Crippen molar-refractivity contribution in [2.45, 2.75) is 33.2 Å². The van der Waals surface area contributed by atoms with Crippen molar-refractivity contribution in [3.63, 3.8) is 0 Å². The van der Waals surface area contributed by atoms with Crippen molar-refractivity contribution in [3.8, 4) is 0 Å². The van der Waals surface area contributed by atoms with Gasteiger partial charge in [0.05, 0.1) is 11.8 Å². The second-order valence-corrected chi connectivity index (χ2v) is 7.25. The molecule has 0 radical (unpaired) electrons. The monoisotopic (exact) mass is 396 g/mol. The van der Waals surface area contributed by atoms with Crippen LogP contribution in [0.25, 0.3) is 5.76 Å². The maximum Gasteiger partial charge on any atom is 0.295 e. The fourth-order valence-electron chi connectivity index (χ4n) is 3.72. The normalized spacial score (nSPS) is 18.8. The van der Waals surface area contributed by atoms with Crippen LogP contribution in [-0.2, 0) is 9.59 Å². The molecule has 29 heavy (non-hydrogen) atoms. The first kappa shape index (κ1) is 20.9. The van der Waals surface area contributed by atoms with E-state index in [1.807, 2.05) is 19.1 Å². The van der Waals surface area contributed by atoms with Gasteiger partial charge in [0.25, 0.3) is 11.7 Å². The highest BCUT2D eigenvalue weighted by molar-refractivity contribution is 6.46. The van der Waals surface area contributed by atoms with E-state index in [0.29, 0.717) is 17.9 Å². The van der Waals surface area contributed by atoms with E-state index >= 15 is 0 Å². The Morgan fingerprint density at radius 2 is 1.83 bits per heavy atom. The molecule has 2 heterocycles. The predicted octanol–water partition coefficient (Wildman–Crippen LogP) is 3.74. The molecular formula is C23H28N2O4. The van der Waals surface area contributed by atoms with Crippen molar-refractivity contribution in [2.24, 2.45) is 0 Å². The van der Waals surface area contributed by atoms with Gasteiger partial charge in [0.2, 0.25) is 0 Å². The van der Waals surface area contributed by atoms with Gasteiger partial charge in [-0.1, -0.05) is 43.7 Å². The number of nitrogens with zero attached hydrogens (tertiary/aromatic N) is 2. The first-order chi connectivity index (χ1) is 14.0. The fourth-order valence-corrected chi connectivity index (χ4v) is 3.72. The molecular weight excluding hydrogens is 368 g/mol. The zero-order chi connectivity index (χ0) is 21.0. The van der Waals surface area contributed by atoms with Crippen LogP contribution in [-0.4, -0.2) is 52.8 Å². The number of aliphatic hydroxyl groups is 1. The van der Waals surface area contributed by atoms with E-state index in [0.717, 1.165) is 31.6 Å². The largest absolute Gasteiger partial charge is 0.507 e. The van der Waals surface area contributed by atoms with E-state index in [-0.39, 0.29) is 11.3 Å².